The third-order valence-corrected chi connectivity index (χ3v) is 3.30. The second-order valence-corrected chi connectivity index (χ2v) is 4.88. The SMILES string of the molecule is CCCNc1cncc(NCCN(C)C(C)CC)n1. The molecule has 0 saturated heterocycles. The zero-order chi connectivity index (χ0) is 14.1. The second-order valence-electron chi connectivity index (χ2n) is 4.88. The van der Waals surface area contributed by atoms with Gasteiger partial charge in [0, 0.05) is 25.7 Å². The van der Waals surface area contributed by atoms with Crippen LogP contribution in [0.3, 0.4) is 0 Å². The van der Waals surface area contributed by atoms with Crippen molar-refractivity contribution in [2.24, 2.45) is 0 Å². The van der Waals surface area contributed by atoms with Gasteiger partial charge in [0.05, 0.1) is 12.4 Å². The summed E-state index contributed by atoms with van der Waals surface area (Å²) < 4.78 is 0. The van der Waals surface area contributed by atoms with Crippen LogP contribution < -0.4 is 10.6 Å². The zero-order valence-electron chi connectivity index (χ0n) is 12.6. The maximum absolute atomic E-state index is 4.47. The molecule has 1 aromatic rings. The molecule has 0 saturated carbocycles. The maximum Gasteiger partial charge on any atom is 0.147 e. The van der Waals surface area contributed by atoms with Gasteiger partial charge in [0.1, 0.15) is 11.6 Å². The summed E-state index contributed by atoms with van der Waals surface area (Å²) in [5.74, 6) is 1.67. The fourth-order valence-electron chi connectivity index (χ4n) is 1.68. The van der Waals surface area contributed by atoms with Gasteiger partial charge in [-0.3, -0.25) is 4.98 Å². The minimum absolute atomic E-state index is 0.616. The van der Waals surface area contributed by atoms with Crippen molar-refractivity contribution < 1.29 is 0 Å². The molecule has 0 radical (unpaired) electrons. The molecule has 0 amide bonds. The summed E-state index contributed by atoms with van der Waals surface area (Å²) in [7, 11) is 2.15. The summed E-state index contributed by atoms with van der Waals surface area (Å²) >= 11 is 0. The number of hydrogen-bond acceptors (Lipinski definition) is 5. The summed E-state index contributed by atoms with van der Waals surface area (Å²) in [6.45, 7) is 9.40. The molecule has 108 valence electrons. The molecule has 19 heavy (non-hydrogen) atoms. The van der Waals surface area contributed by atoms with E-state index in [0.717, 1.165) is 37.7 Å². The molecule has 5 heteroatoms. The van der Waals surface area contributed by atoms with E-state index in [1.54, 1.807) is 12.4 Å². The highest BCUT2D eigenvalue weighted by atomic mass is 15.2. The van der Waals surface area contributed by atoms with Crippen LogP contribution in [0.25, 0.3) is 0 Å². The van der Waals surface area contributed by atoms with E-state index in [2.05, 4.69) is 53.3 Å². The third-order valence-electron chi connectivity index (χ3n) is 3.30. The van der Waals surface area contributed by atoms with Crippen molar-refractivity contribution in [3.63, 3.8) is 0 Å². The van der Waals surface area contributed by atoms with E-state index in [-0.39, 0.29) is 0 Å². The molecule has 0 spiro atoms. The molecular weight excluding hydrogens is 238 g/mol. The van der Waals surface area contributed by atoms with Gasteiger partial charge in [0.15, 0.2) is 0 Å². The zero-order valence-corrected chi connectivity index (χ0v) is 12.6. The Kier molecular flexibility index (Phi) is 7.18. The molecule has 0 fully saturated rings. The average molecular weight is 265 g/mol. The number of nitrogens with zero attached hydrogens (tertiary/aromatic N) is 3. The van der Waals surface area contributed by atoms with Crippen LogP contribution in [0.2, 0.25) is 0 Å². The summed E-state index contributed by atoms with van der Waals surface area (Å²) in [5, 5.41) is 6.55. The van der Waals surface area contributed by atoms with Crippen molar-refractivity contribution in [1.82, 2.24) is 14.9 Å². The number of aromatic nitrogens is 2. The lowest BCUT2D eigenvalue weighted by Crippen LogP contribution is -2.32. The Labute approximate surface area is 116 Å². The van der Waals surface area contributed by atoms with Gasteiger partial charge in [-0.2, -0.15) is 0 Å². The number of likely N-dealkylation sites (N-methyl/N-ethyl adjacent to an activating group) is 1. The average Bonchev–Trinajstić information content (AvgIpc) is 2.44. The monoisotopic (exact) mass is 265 g/mol. The quantitative estimate of drug-likeness (QED) is 0.718. The van der Waals surface area contributed by atoms with Crippen molar-refractivity contribution in [2.45, 2.75) is 39.7 Å². The van der Waals surface area contributed by atoms with Crippen LogP contribution >= 0.6 is 0 Å². The highest BCUT2D eigenvalue weighted by molar-refractivity contribution is 5.41. The molecule has 2 N–H and O–H groups in total. The normalized spacial score (nSPS) is 12.5. The fraction of sp³-hybridized carbons (Fsp3) is 0.714. The molecule has 0 aliphatic rings. The standard InChI is InChI=1S/C14H27N5/c1-5-7-16-13-10-15-11-14(18-13)17-8-9-19(4)12(3)6-2/h10-12H,5-9H2,1-4H3,(H2,16,17,18). The van der Waals surface area contributed by atoms with Crippen molar-refractivity contribution in [2.75, 3.05) is 37.3 Å². The third kappa shape index (κ3) is 5.87. The molecule has 0 aliphatic heterocycles. The number of anilines is 2. The predicted octanol–water partition coefficient (Wildman–Crippen LogP) is 2.44. The minimum atomic E-state index is 0.616. The Morgan fingerprint density at radius 1 is 1.16 bits per heavy atom. The van der Waals surface area contributed by atoms with Gasteiger partial charge in [0.2, 0.25) is 0 Å². The highest BCUT2D eigenvalue weighted by Gasteiger charge is 2.05. The number of hydrogen-bond donors (Lipinski definition) is 2. The van der Waals surface area contributed by atoms with Crippen LogP contribution in [0, 0.1) is 0 Å². The fourth-order valence-corrected chi connectivity index (χ4v) is 1.68. The smallest absolute Gasteiger partial charge is 0.147 e. The Morgan fingerprint density at radius 2 is 1.79 bits per heavy atom. The van der Waals surface area contributed by atoms with Crippen LogP contribution in [0.15, 0.2) is 12.4 Å². The van der Waals surface area contributed by atoms with Gasteiger partial charge in [-0.25, -0.2) is 4.98 Å². The first-order valence-corrected chi connectivity index (χ1v) is 7.17. The van der Waals surface area contributed by atoms with E-state index < -0.39 is 0 Å². The Morgan fingerprint density at radius 3 is 2.37 bits per heavy atom. The van der Waals surface area contributed by atoms with Crippen molar-refractivity contribution in [3.05, 3.63) is 12.4 Å². The summed E-state index contributed by atoms with van der Waals surface area (Å²) in [6, 6.07) is 0.616. The van der Waals surface area contributed by atoms with Gasteiger partial charge in [0.25, 0.3) is 0 Å². The highest BCUT2D eigenvalue weighted by Crippen LogP contribution is 2.06. The number of rotatable bonds is 9. The molecule has 0 bridgehead atoms. The van der Waals surface area contributed by atoms with Crippen LogP contribution in [0.5, 0.6) is 0 Å². The lowest BCUT2D eigenvalue weighted by Gasteiger charge is -2.23. The molecule has 5 nitrogen and oxygen atoms in total. The largest absolute Gasteiger partial charge is 0.369 e. The molecule has 1 aromatic heterocycles. The van der Waals surface area contributed by atoms with Crippen LogP contribution in [-0.2, 0) is 0 Å². The molecule has 1 heterocycles. The van der Waals surface area contributed by atoms with E-state index in [0.29, 0.717) is 6.04 Å². The van der Waals surface area contributed by atoms with E-state index >= 15 is 0 Å². The van der Waals surface area contributed by atoms with E-state index in [9.17, 15) is 0 Å². The van der Waals surface area contributed by atoms with Crippen LogP contribution in [0.1, 0.15) is 33.6 Å². The maximum atomic E-state index is 4.47. The first kappa shape index (κ1) is 15.7. The molecule has 1 atom stereocenters. The Bertz CT molecular complexity index is 355. The molecular formula is C14H27N5. The molecule has 0 aromatic carbocycles. The van der Waals surface area contributed by atoms with Crippen molar-refractivity contribution in [3.8, 4) is 0 Å². The summed E-state index contributed by atoms with van der Waals surface area (Å²) in [6.07, 6.45) is 5.78. The minimum Gasteiger partial charge on any atom is -0.369 e. The number of nitrogens with one attached hydrogen (secondary N) is 2. The van der Waals surface area contributed by atoms with Gasteiger partial charge >= 0.3 is 0 Å². The predicted molar refractivity (Wildman–Crippen MR) is 81.7 cm³/mol. The molecule has 1 unspecified atom stereocenters. The topological polar surface area (TPSA) is 53.1 Å². The van der Waals surface area contributed by atoms with Gasteiger partial charge < -0.3 is 15.5 Å². The summed E-state index contributed by atoms with van der Waals surface area (Å²) in [5.41, 5.74) is 0. The van der Waals surface area contributed by atoms with E-state index in [1.807, 2.05) is 0 Å². The van der Waals surface area contributed by atoms with Crippen LogP contribution in [-0.4, -0.2) is 47.6 Å². The van der Waals surface area contributed by atoms with Crippen molar-refractivity contribution in [1.29, 1.82) is 0 Å². The van der Waals surface area contributed by atoms with Gasteiger partial charge in [-0.15, -0.1) is 0 Å². The second kappa shape index (κ2) is 8.69. The first-order chi connectivity index (χ1) is 9.17. The lowest BCUT2D eigenvalue weighted by molar-refractivity contribution is 0.261. The molecule has 1 rings (SSSR count). The van der Waals surface area contributed by atoms with Gasteiger partial charge in [-0.1, -0.05) is 13.8 Å². The van der Waals surface area contributed by atoms with Crippen molar-refractivity contribution >= 4 is 11.6 Å². The molecule has 0 aliphatic carbocycles. The van der Waals surface area contributed by atoms with Crippen LogP contribution in [0.4, 0.5) is 11.6 Å². The van der Waals surface area contributed by atoms with E-state index in [1.165, 1.54) is 6.42 Å². The first-order valence-electron chi connectivity index (χ1n) is 7.17. The lowest BCUT2D eigenvalue weighted by atomic mass is 10.2. The summed E-state index contributed by atoms with van der Waals surface area (Å²) in [4.78, 5) is 11.0. The Hall–Kier alpha value is -1.36. The van der Waals surface area contributed by atoms with E-state index in [4.69, 9.17) is 0 Å². The van der Waals surface area contributed by atoms with Gasteiger partial charge in [-0.05, 0) is 26.8 Å². The Balaban J connectivity index is 2.36.